The summed E-state index contributed by atoms with van der Waals surface area (Å²) in [6.45, 7) is 8.56. The van der Waals surface area contributed by atoms with Gasteiger partial charge < -0.3 is 4.74 Å². The fraction of sp³-hybridized carbons (Fsp3) is 0.562. The van der Waals surface area contributed by atoms with Crippen molar-refractivity contribution < 1.29 is 13.2 Å². The van der Waals surface area contributed by atoms with Gasteiger partial charge in [-0.05, 0) is 52.3 Å². The van der Waals surface area contributed by atoms with Crippen molar-refractivity contribution >= 4 is 31.6 Å². The van der Waals surface area contributed by atoms with Gasteiger partial charge in [0.25, 0.3) is 0 Å². The predicted octanol–water partition coefficient (Wildman–Crippen LogP) is 2.74. The number of thiazole rings is 1. The van der Waals surface area contributed by atoms with Crippen molar-refractivity contribution in [1.82, 2.24) is 9.29 Å². The van der Waals surface area contributed by atoms with Crippen LogP contribution in [0.25, 0.3) is 10.2 Å². The second kappa shape index (κ2) is 7.77. The Morgan fingerprint density at radius 3 is 2.58 bits per heavy atom. The number of nitrogens with one attached hydrogen (secondary N) is 1. The van der Waals surface area contributed by atoms with Crippen LogP contribution in [0.1, 0.15) is 40.2 Å². The van der Waals surface area contributed by atoms with E-state index in [1.165, 1.54) is 0 Å². The first kappa shape index (κ1) is 19.1. The van der Waals surface area contributed by atoms with Crippen LogP contribution in [0.3, 0.4) is 0 Å². The van der Waals surface area contributed by atoms with E-state index < -0.39 is 10.0 Å². The summed E-state index contributed by atoms with van der Waals surface area (Å²) < 4.78 is 35.0. The summed E-state index contributed by atoms with van der Waals surface area (Å²) in [5.41, 5.74) is 0.768. The zero-order chi connectivity index (χ0) is 17.9. The smallest absolute Gasteiger partial charge is 0.308 e. The summed E-state index contributed by atoms with van der Waals surface area (Å²) in [7, 11) is -3.59. The quantitative estimate of drug-likeness (QED) is 0.723. The Kier molecular flexibility index (Phi) is 6.19. The van der Waals surface area contributed by atoms with Crippen LogP contribution in [-0.2, 0) is 14.8 Å². The van der Waals surface area contributed by atoms with Crippen molar-refractivity contribution in [2.24, 2.45) is 0 Å². The molecule has 1 N–H and O–H groups in total. The molecule has 2 aromatic rings. The highest BCUT2D eigenvalue weighted by Crippen LogP contribution is 2.23. The molecule has 0 aliphatic rings. The van der Waals surface area contributed by atoms with Crippen molar-refractivity contribution in [1.29, 1.82) is 0 Å². The number of ether oxygens (including phenoxy) is 1. The number of nitrogens with zero attached hydrogens (tertiary/aromatic N) is 1. The Bertz CT molecular complexity index is 851. The molecule has 0 bridgehead atoms. The molecule has 0 saturated carbocycles. The number of hydrogen-bond donors (Lipinski definition) is 1. The number of fused-ring (bicyclic) bond motifs is 1. The number of sulfonamides is 1. The van der Waals surface area contributed by atoms with Gasteiger partial charge in [-0.25, -0.2) is 13.1 Å². The fourth-order valence-corrected chi connectivity index (χ4v) is 4.58. The van der Waals surface area contributed by atoms with E-state index in [0.717, 1.165) is 16.9 Å². The van der Waals surface area contributed by atoms with E-state index in [0.29, 0.717) is 24.3 Å². The van der Waals surface area contributed by atoms with Crippen molar-refractivity contribution in [2.75, 3.05) is 13.2 Å². The van der Waals surface area contributed by atoms with E-state index in [1.807, 2.05) is 27.7 Å². The lowest BCUT2D eigenvalue weighted by Gasteiger charge is -2.10. The minimum Gasteiger partial charge on any atom is -0.379 e. The molecule has 0 aliphatic carbocycles. The van der Waals surface area contributed by atoms with Gasteiger partial charge >= 0.3 is 4.87 Å². The third-order valence-corrected chi connectivity index (χ3v) is 5.85. The summed E-state index contributed by atoms with van der Waals surface area (Å²) in [5, 5.41) is 0. The maximum Gasteiger partial charge on any atom is 0.308 e. The first-order chi connectivity index (χ1) is 11.2. The van der Waals surface area contributed by atoms with E-state index in [9.17, 15) is 13.2 Å². The summed E-state index contributed by atoms with van der Waals surface area (Å²) in [4.78, 5) is 12.1. The average Bonchev–Trinajstić information content (AvgIpc) is 2.81. The average molecular weight is 373 g/mol. The van der Waals surface area contributed by atoms with Gasteiger partial charge in [-0.1, -0.05) is 11.3 Å². The number of aromatic nitrogens is 1. The number of benzene rings is 1. The van der Waals surface area contributed by atoms with E-state index in [4.69, 9.17) is 4.74 Å². The van der Waals surface area contributed by atoms with E-state index in [2.05, 4.69) is 4.72 Å². The van der Waals surface area contributed by atoms with Gasteiger partial charge in [-0.2, -0.15) is 0 Å². The second-order valence-corrected chi connectivity index (χ2v) is 8.89. The van der Waals surface area contributed by atoms with Crippen LogP contribution in [-0.4, -0.2) is 32.2 Å². The molecule has 0 spiro atoms. The maximum atomic E-state index is 12.4. The largest absolute Gasteiger partial charge is 0.379 e. The minimum absolute atomic E-state index is 0.0350. The highest BCUT2D eigenvalue weighted by atomic mass is 32.2. The van der Waals surface area contributed by atoms with Crippen LogP contribution in [0.5, 0.6) is 0 Å². The lowest BCUT2D eigenvalue weighted by molar-refractivity contribution is 0.0778. The van der Waals surface area contributed by atoms with Crippen molar-refractivity contribution in [3.05, 3.63) is 27.9 Å². The van der Waals surface area contributed by atoms with Crippen molar-refractivity contribution in [3.8, 4) is 0 Å². The molecular formula is C16H24N2O4S2. The molecule has 0 aliphatic heterocycles. The molecule has 0 radical (unpaired) electrons. The molecule has 24 heavy (non-hydrogen) atoms. The molecule has 1 aromatic carbocycles. The molecule has 0 fully saturated rings. The highest BCUT2D eigenvalue weighted by molar-refractivity contribution is 7.89. The fourth-order valence-electron chi connectivity index (χ4n) is 2.35. The van der Waals surface area contributed by atoms with Crippen LogP contribution in [0, 0.1) is 0 Å². The Morgan fingerprint density at radius 1 is 1.25 bits per heavy atom. The van der Waals surface area contributed by atoms with Gasteiger partial charge in [-0.3, -0.25) is 9.36 Å². The van der Waals surface area contributed by atoms with Gasteiger partial charge in [0.2, 0.25) is 10.0 Å². The molecule has 2 rings (SSSR count). The summed E-state index contributed by atoms with van der Waals surface area (Å²) in [6, 6.07) is 4.84. The Labute approximate surface area is 146 Å². The van der Waals surface area contributed by atoms with E-state index in [-0.39, 0.29) is 21.9 Å². The van der Waals surface area contributed by atoms with E-state index >= 15 is 0 Å². The summed E-state index contributed by atoms with van der Waals surface area (Å²) in [5.74, 6) is 0. The van der Waals surface area contributed by atoms with Crippen LogP contribution < -0.4 is 9.60 Å². The van der Waals surface area contributed by atoms with Gasteiger partial charge in [-0.15, -0.1) is 0 Å². The highest BCUT2D eigenvalue weighted by Gasteiger charge is 2.17. The molecule has 0 saturated heterocycles. The second-order valence-electron chi connectivity index (χ2n) is 6.13. The lowest BCUT2D eigenvalue weighted by atomic mass is 10.3. The van der Waals surface area contributed by atoms with Crippen LogP contribution >= 0.6 is 11.3 Å². The minimum atomic E-state index is -3.59. The van der Waals surface area contributed by atoms with Gasteiger partial charge in [0.05, 0.1) is 21.2 Å². The molecule has 0 atom stereocenters. The molecule has 8 heteroatoms. The Hall–Kier alpha value is -1.22. The molecule has 134 valence electrons. The third kappa shape index (κ3) is 4.44. The molecular weight excluding hydrogens is 348 g/mol. The first-order valence-corrected chi connectivity index (χ1v) is 10.3. The van der Waals surface area contributed by atoms with Crippen LogP contribution in [0.4, 0.5) is 0 Å². The SMILES string of the molecule is CC(C)OCCCNS(=O)(=O)c1ccc2c(c1)sc(=O)n2C(C)C. The molecule has 1 aromatic heterocycles. The predicted molar refractivity (Wildman–Crippen MR) is 97.4 cm³/mol. The van der Waals surface area contributed by atoms with Crippen molar-refractivity contribution in [3.63, 3.8) is 0 Å². The monoisotopic (exact) mass is 372 g/mol. The molecule has 1 heterocycles. The summed E-state index contributed by atoms with van der Waals surface area (Å²) in [6.07, 6.45) is 0.744. The maximum absolute atomic E-state index is 12.4. The zero-order valence-corrected chi connectivity index (χ0v) is 16.0. The molecule has 6 nitrogen and oxygen atoms in total. The van der Waals surface area contributed by atoms with E-state index in [1.54, 1.807) is 22.8 Å². The molecule has 0 amide bonds. The normalized spacial score (nSPS) is 12.6. The number of rotatable bonds is 8. The van der Waals surface area contributed by atoms with Crippen LogP contribution in [0.2, 0.25) is 0 Å². The molecule has 0 unspecified atom stereocenters. The lowest BCUT2D eigenvalue weighted by Crippen LogP contribution is -2.25. The Morgan fingerprint density at radius 2 is 1.96 bits per heavy atom. The van der Waals surface area contributed by atoms with Gasteiger partial charge in [0, 0.05) is 19.2 Å². The van der Waals surface area contributed by atoms with Crippen molar-refractivity contribution in [2.45, 2.75) is 51.2 Å². The standard InChI is InChI=1S/C16H24N2O4S2/c1-11(2)18-14-7-6-13(10-15(14)23-16(18)19)24(20,21)17-8-5-9-22-12(3)4/h6-7,10-12,17H,5,8-9H2,1-4H3. The third-order valence-electron chi connectivity index (χ3n) is 3.48. The zero-order valence-electron chi connectivity index (χ0n) is 14.4. The van der Waals surface area contributed by atoms with Crippen LogP contribution in [0.15, 0.2) is 27.9 Å². The first-order valence-electron chi connectivity index (χ1n) is 7.98. The van der Waals surface area contributed by atoms with Gasteiger partial charge in [0.15, 0.2) is 0 Å². The Balaban J connectivity index is 2.15. The topological polar surface area (TPSA) is 77.4 Å². The van der Waals surface area contributed by atoms with Gasteiger partial charge in [0.1, 0.15) is 0 Å². The number of hydrogen-bond acceptors (Lipinski definition) is 5. The summed E-state index contributed by atoms with van der Waals surface area (Å²) >= 11 is 1.07.